The van der Waals surface area contributed by atoms with E-state index in [0.717, 1.165) is 30.6 Å². The molecule has 2 N–H and O–H groups in total. The number of phenolic OH excluding ortho intramolecular Hbond substituents is 1. The predicted octanol–water partition coefficient (Wildman–Crippen LogP) is 5.46. The molecule has 0 aliphatic carbocycles. The van der Waals surface area contributed by atoms with Gasteiger partial charge in [-0.15, -0.1) is 0 Å². The lowest BCUT2D eigenvalue weighted by atomic mass is 10.1. The molecule has 190 valence electrons. The Balaban J connectivity index is 1.75. The van der Waals surface area contributed by atoms with Gasteiger partial charge in [0.2, 0.25) is 0 Å². The average molecular weight is 529 g/mol. The van der Waals surface area contributed by atoms with Crippen LogP contribution in [0.1, 0.15) is 62.7 Å². The number of hydrogen-bond acceptors (Lipinski definition) is 6. The van der Waals surface area contributed by atoms with Gasteiger partial charge < -0.3 is 10.1 Å². The molecule has 1 aromatic carbocycles. The van der Waals surface area contributed by atoms with E-state index in [0.29, 0.717) is 51.2 Å². The van der Waals surface area contributed by atoms with Crippen LogP contribution in [-0.2, 0) is 13.0 Å². The first kappa shape index (κ1) is 26.1. The predicted molar refractivity (Wildman–Crippen MR) is 144 cm³/mol. The maximum Gasteiger partial charge on any atom is 0.262 e. The molecule has 0 aliphatic rings. The van der Waals surface area contributed by atoms with Crippen molar-refractivity contribution in [3.8, 4) is 11.4 Å². The summed E-state index contributed by atoms with van der Waals surface area (Å²) in [6.07, 6.45) is 4.33. The molecule has 0 spiro atoms. The number of fused-ring (bicyclic) bond motifs is 1. The Hall–Kier alpha value is -2.94. The third-order valence-corrected chi connectivity index (χ3v) is 6.66. The monoisotopic (exact) mass is 528 g/mol. The molecule has 0 atom stereocenters. The summed E-state index contributed by atoms with van der Waals surface area (Å²) in [5.41, 5.74) is 2.80. The molecule has 8 nitrogen and oxygen atoms in total. The van der Waals surface area contributed by atoms with Crippen molar-refractivity contribution in [1.29, 1.82) is 0 Å². The standard InChI is InChI=1S/C26H30Cl2N6O2/c1-5-9-33(6-2)14-17-8-7-16(10-20(17)35)11-21-30-25-22(26(36)31-21)23(15(3)4)32-34(25)24-18(27)12-29-13-19(24)28/h7-8,10,12-13,15,35H,5-6,9,11,14H2,1-4H3,(H,30,31,36). The fourth-order valence-corrected chi connectivity index (χ4v) is 4.82. The molecular formula is C26H30Cl2N6O2. The number of nitrogens with zero attached hydrogens (tertiary/aromatic N) is 5. The minimum atomic E-state index is -0.287. The molecule has 0 amide bonds. The number of halogens is 2. The van der Waals surface area contributed by atoms with Crippen LogP contribution in [0.4, 0.5) is 0 Å². The SMILES string of the molecule is CCCN(CC)Cc1ccc(Cc2nc3c(c(C(C)C)nn3-c3c(Cl)cncc3Cl)c(=O)[nH]2)cc1O. The first-order valence-electron chi connectivity index (χ1n) is 12.1. The van der Waals surface area contributed by atoms with Gasteiger partial charge in [-0.2, -0.15) is 5.10 Å². The van der Waals surface area contributed by atoms with Gasteiger partial charge in [0.1, 0.15) is 22.6 Å². The van der Waals surface area contributed by atoms with Crippen LogP contribution in [0.5, 0.6) is 5.75 Å². The van der Waals surface area contributed by atoms with Crippen LogP contribution in [0.2, 0.25) is 10.0 Å². The molecule has 0 saturated carbocycles. The molecule has 0 bridgehead atoms. The zero-order valence-electron chi connectivity index (χ0n) is 20.8. The summed E-state index contributed by atoms with van der Waals surface area (Å²) in [4.78, 5) is 27.1. The molecule has 3 heterocycles. The molecule has 0 unspecified atom stereocenters. The second kappa shape index (κ2) is 11.0. The summed E-state index contributed by atoms with van der Waals surface area (Å²) < 4.78 is 1.52. The number of aromatic hydroxyl groups is 1. The van der Waals surface area contributed by atoms with E-state index >= 15 is 0 Å². The molecule has 0 aliphatic heterocycles. The summed E-state index contributed by atoms with van der Waals surface area (Å²) in [5, 5.41) is 16.3. The van der Waals surface area contributed by atoms with Crippen LogP contribution in [0.15, 0.2) is 35.4 Å². The lowest BCUT2D eigenvalue weighted by Crippen LogP contribution is -2.23. The second-order valence-electron chi connectivity index (χ2n) is 9.12. The quantitative estimate of drug-likeness (QED) is 0.299. The highest BCUT2D eigenvalue weighted by atomic mass is 35.5. The van der Waals surface area contributed by atoms with Crippen molar-refractivity contribution in [2.24, 2.45) is 0 Å². The van der Waals surface area contributed by atoms with Crippen LogP contribution in [0.25, 0.3) is 16.7 Å². The van der Waals surface area contributed by atoms with Gasteiger partial charge in [-0.1, -0.05) is 63.0 Å². The molecule has 4 aromatic rings. The highest BCUT2D eigenvalue weighted by Gasteiger charge is 2.22. The summed E-state index contributed by atoms with van der Waals surface area (Å²) in [5.74, 6) is 0.647. The molecule has 36 heavy (non-hydrogen) atoms. The van der Waals surface area contributed by atoms with Gasteiger partial charge in [0.15, 0.2) is 5.65 Å². The first-order chi connectivity index (χ1) is 17.2. The number of aromatic nitrogens is 5. The van der Waals surface area contributed by atoms with E-state index in [1.165, 1.54) is 17.1 Å². The summed E-state index contributed by atoms with van der Waals surface area (Å²) in [7, 11) is 0. The van der Waals surface area contributed by atoms with E-state index in [1.54, 1.807) is 6.07 Å². The van der Waals surface area contributed by atoms with Gasteiger partial charge in [0, 0.05) is 30.9 Å². The average Bonchev–Trinajstić information content (AvgIpc) is 3.20. The number of aromatic amines is 1. The lowest BCUT2D eigenvalue weighted by molar-refractivity contribution is 0.276. The Bertz CT molecular complexity index is 1430. The number of nitrogens with one attached hydrogen (secondary N) is 1. The first-order valence-corrected chi connectivity index (χ1v) is 12.8. The van der Waals surface area contributed by atoms with Crippen molar-refractivity contribution >= 4 is 34.2 Å². The fraction of sp³-hybridized carbons (Fsp3) is 0.385. The molecule has 10 heteroatoms. The smallest absolute Gasteiger partial charge is 0.262 e. The Morgan fingerprint density at radius 1 is 1.17 bits per heavy atom. The minimum absolute atomic E-state index is 0.0261. The van der Waals surface area contributed by atoms with Crippen molar-refractivity contribution in [2.45, 2.75) is 53.0 Å². The van der Waals surface area contributed by atoms with Crippen molar-refractivity contribution in [1.82, 2.24) is 29.6 Å². The van der Waals surface area contributed by atoms with E-state index in [9.17, 15) is 9.90 Å². The van der Waals surface area contributed by atoms with Crippen molar-refractivity contribution in [2.75, 3.05) is 13.1 Å². The maximum absolute atomic E-state index is 13.2. The van der Waals surface area contributed by atoms with Crippen LogP contribution in [-0.4, -0.2) is 47.8 Å². The summed E-state index contributed by atoms with van der Waals surface area (Å²) >= 11 is 12.8. The fourth-order valence-electron chi connectivity index (χ4n) is 4.30. The largest absolute Gasteiger partial charge is 0.508 e. The number of hydrogen-bond donors (Lipinski definition) is 2. The summed E-state index contributed by atoms with van der Waals surface area (Å²) in [6, 6.07) is 5.61. The molecule has 4 rings (SSSR count). The Morgan fingerprint density at radius 3 is 2.50 bits per heavy atom. The minimum Gasteiger partial charge on any atom is -0.508 e. The van der Waals surface area contributed by atoms with Crippen LogP contribution in [0, 0.1) is 0 Å². The maximum atomic E-state index is 13.2. The molecule has 3 aromatic heterocycles. The number of pyridine rings is 1. The van der Waals surface area contributed by atoms with Crippen molar-refractivity contribution in [3.63, 3.8) is 0 Å². The Morgan fingerprint density at radius 2 is 1.89 bits per heavy atom. The number of H-pyrrole nitrogens is 1. The highest BCUT2D eigenvalue weighted by molar-refractivity contribution is 6.37. The molecule has 0 saturated heterocycles. The second-order valence-corrected chi connectivity index (χ2v) is 9.94. The van der Waals surface area contributed by atoms with Gasteiger partial charge in [-0.05, 0) is 37.1 Å². The van der Waals surface area contributed by atoms with E-state index in [-0.39, 0.29) is 17.2 Å². The molecular weight excluding hydrogens is 499 g/mol. The Labute approximate surface area is 219 Å². The van der Waals surface area contributed by atoms with Crippen LogP contribution >= 0.6 is 23.2 Å². The number of phenols is 1. The zero-order valence-corrected chi connectivity index (χ0v) is 22.4. The number of benzene rings is 1. The van der Waals surface area contributed by atoms with Gasteiger partial charge in [-0.25, -0.2) is 9.67 Å². The van der Waals surface area contributed by atoms with E-state index in [4.69, 9.17) is 28.2 Å². The van der Waals surface area contributed by atoms with Gasteiger partial charge in [0.05, 0.1) is 15.7 Å². The number of rotatable bonds is 9. The van der Waals surface area contributed by atoms with Crippen LogP contribution in [0.3, 0.4) is 0 Å². The molecule has 0 fully saturated rings. The Kier molecular flexibility index (Phi) is 7.97. The van der Waals surface area contributed by atoms with E-state index in [2.05, 4.69) is 33.8 Å². The molecule has 0 radical (unpaired) electrons. The normalized spacial score (nSPS) is 11.8. The van der Waals surface area contributed by atoms with Gasteiger partial charge >= 0.3 is 0 Å². The third-order valence-electron chi connectivity index (χ3n) is 6.10. The van der Waals surface area contributed by atoms with E-state index in [1.807, 2.05) is 26.0 Å². The highest BCUT2D eigenvalue weighted by Crippen LogP contribution is 2.31. The van der Waals surface area contributed by atoms with Crippen molar-refractivity contribution < 1.29 is 5.11 Å². The topological polar surface area (TPSA) is 99.9 Å². The van der Waals surface area contributed by atoms with Crippen molar-refractivity contribution in [3.05, 3.63) is 73.6 Å². The zero-order chi connectivity index (χ0) is 26.0. The van der Waals surface area contributed by atoms with Gasteiger partial charge in [-0.3, -0.25) is 14.7 Å². The van der Waals surface area contributed by atoms with E-state index < -0.39 is 0 Å². The summed E-state index contributed by atoms with van der Waals surface area (Å²) in [6.45, 7) is 10.7. The third kappa shape index (κ3) is 5.26. The van der Waals surface area contributed by atoms with Crippen LogP contribution < -0.4 is 5.56 Å². The lowest BCUT2D eigenvalue weighted by Gasteiger charge is -2.20. The van der Waals surface area contributed by atoms with Gasteiger partial charge in [0.25, 0.3) is 5.56 Å².